The Labute approximate surface area is 114 Å². The lowest BCUT2D eigenvalue weighted by molar-refractivity contribution is 0.533. The molecule has 0 amide bonds. The van der Waals surface area contributed by atoms with Gasteiger partial charge in [0.1, 0.15) is 6.33 Å². The summed E-state index contributed by atoms with van der Waals surface area (Å²) >= 11 is 0. The van der Waals surface area contributed by atoms with Crippen molar-refractivity contribution in [1.82, 2.24) is 14.8 Å². The topological polar surface area (TPSA) is 56.7 Å². The van der Waals surface area contributed by atoms with Crippen LogP contribution in [0, 0.1) is 0 Å². The van der Waals surface area contributed by atoms with E-state index >= 15 is 0 Å². The van der Waals surface area contributed by atoms with Crippen molar-refractivity contribution in [3.63, 3.8) is 0 Å². The fourth-order valence-electron chi connectivity index (χ4n) is 2.04. The first-order valence-electron chi connectivity index (χ1n) is 7.05. The number of aromatic nitrogens is 3. The molecular weight excluding hydrogens is 236 g/mol. The first kappa shape index (κ1) is 13.6. The third-order valence-corrected chi connectivity index (χ3v) is 3.20. The molecule has 0 atom stereocenters. The van der Waals surface area contributed by atoms with Gasteiger partial charge in [0.15, 0.2) is 5.82 Å². The van der Waals surface area contributed by atoms with E-state index in [0.29, 0.717) is 0 Å². The van der Waals surface area contributed by atoms with Crippen LogP contribution in [0.15, 0.2) is 30.6 Å². The standard InChI is InChI=1S/C15H22N4/c1-2-3-4-5-6-11-19-12-17-15(18-19)13-7-9-14(16)10-8-13/h7-10,12H,2-6,11,16H2,1H3. The Morgan fingerprint density at radius 1 is 1.05 bits per heavy atom. The number of aryl methyl sites for hydroxylation is 1. The number of hydrogen-bond donors (Lipinski definition) is 1. The minimum absolute atomic E-state index is 0.763. The Kier molecular flexibility index (Phi) is 4.95. The minimum atomic E-state index is 0.763. The summed E-state index contributed by atoms with van der Waals surface area (Å²) in [6.07, 6.45) is 8.18. The van der Waals surface area contributed by atoms with Gasteiger partial charge in [0.05, 0.1) is 0 Å². The molecule has 1 aromatic carbocycles. The van der Waals surface area contributed by atoms with E-state index in [2.05, 4.69) is 17.0 Å². The normalized spacial score (nSPS) is 10.8. The zero-order chi connectivity index (χ0) is 13.5. The molecule has 0 saturated heterocycles. The molecule has 2 aromatic rings. The van der Waals surface area contributed by atoms with Gasteiger partial charge >= 0.3 is 0 Å². The summed E-state index contributed by atoms with van der Waals surface area (Å²) in [5, 5.41) is 4.49. The number of unbranched alkanes of at least 4 members (excludes halogenated alkanes) is 4. The Morgan fingerprint density at radius 2 is 1.79 bits per heavy atom. The second-order valence-corrected chi connectivity index (χ2v) is 4.87. The molecule has 0 saturated carbocycles. The van der Waals surface area contributed by atoms with Crippen LogP contribution in [-0.4, -0.2) is 14.8 Å². The third-order valence-electron chi connectivity index (χ3n) is 3.20. The number of rotatable bonds is 7. The quantitative estimate of drug-likeness (QED) is 0.611. The molecule has 0 aliphatic heterocycles. The van der Waals surface area contributed by atoms with Crippen LogP contribution in [-0.2, 0) is 6.54 Å². The van der Waals surface area contributed by atoms with Crippen molar-refractivity contribution in [2.75, 3.05) is 5.73 Å². The average Bonchev–Trinajstić information content (AvgIpc) is 2.88. The molecule has 1 heterocycles. The summed E-state index contributed by atoms with van der Waals surface area (Å²) in [7, 11) is 0. The highest BCUT2D eigenvalue weighted by Gasteiger charge is 2.03. The van der Waals surface area contributed by atoms with Crippen molar-refractivity contribution >= 4 is 5.69 Å². The van der Waals surface area contributed by atoms with Crippen LogP contribution in [0.5, 0.6) is 0 Å². The van der Waals surface area contributed by atoms with Crippen LogP contribution >= 0.6 is 0 Å². The number of nitrogens with zero attached hydrogens (tertiary/aromatic N) is 3. The van der Waals surface area contributed by atoms with Crippen molar-refractivity contribution in [2.45, 2.75) is 45.6 Å². The molecule has 0 fully saturated rings. The van der Waals surface area contributed by atoms with Crippen molar-refractivity contribution in [3.8, 4) is 11.4 Å². The minimum Gasteiger partial charge on any atom is -0.399 e. The van der Waals surface area contributed by atoms with E-state index in [-0.39, 0.29) is 0 Å². The van der Waals surface area contributed by atoms with Crippen LogP contribution in [0.2, 0.25) is 0 Å². The molecule has 102 valence electrons. The van der Waals surface area contributed by atoms with Crippen LogP contribution < -0.4 is 5.73 Å². The average molecular weight is 258 g/mol. The number of anilines is 1. The molecular formula is C15H22N4. The first-order valence-corrected chi connectivity index (χ1v) is 7.05. The van der Waals surface area contributed by atoms with E-state index in [1.807, 2.05) is 35.3 Å². The van der Waals surface area contributed by atoms with Gasteiger partial charge in [-0.15, -0.1) is 0 Å². The fourth-order valence-corrected chi connectivity index (χ4v) is 2.04. The smallest absolute Gasteiger partial charge is 0.181 e. The van der Waals surface area contributed by atoms with Gasteiger partial charge < -0.3 is 5.73 Å². The molecule has 0 bridgehead atoms. The van der Waals surface area contributed by atoms with Gasteiger partial charge in [-0.05, 0) is 30.7 Å². The van der Waals surface area contributed by atoms with Gasteiger partial charge in [-0.1, -0.05) is 32.6 Å². The molecule has 2 rings (SSSR count). The lowest BCUT2D eigenvalue weighted by Crippen LogP contribution is -1.98. The van der Waals surface area contributed by atoms with Gasteiger partial charge in [0, 0.05) is 17.8 Å². The monoisotopic (exact) mass is 258 g/mol. The number of benzene rings is 1. The highest BCUT2D eigenvalue weighted by Crippen LogP contribution is 2.16. The molecule has 0 radical (unpaired) electrons. The summed E-state index contributed by atoms with van der Waals surface area (Å²) in [4.78, 5) is 4.34. The zero-order valence-corrected chi connectivity index (χ0v) is 11.5. The SMILES string of the molecule is CCCCCCCn1cnc(-c2ccc(N)cc2)n1. The van der Waals surface area contributed by atoms with Crippen molar-refractivity contribution in [2.24, 2.45) is 0 Å². The van der Waals surface area contributed by atoms with Crippen molar-refractivity contribution in [3.05, 3.63) is 30.6 Å². The molecule has 4 heteroatoms. The molecule has 19 heavy (non-hydrogen) atoms. The molecule has 0 aliphatic rings. The van der Waals surface area contributed by atoms with E-state index in [9.17, 15) is 0 Å². The predicted molar refractivity (Wildman–Crippen MR) is 78.6 cm³/mol. The highest BCUT2D eigenvalue weighted by molar-refractivity contribution is 5.57. The summed E-state index contributed by atoms with van der Waals surface area (Å²) in [6.45, 7) is 3.18. The maximum Gasteiger partial charge on any atom is 0.181 e. The molecule has 4 nitrogen and oxygen atoms in total. The first-order chi connectivity index (χ1) is 9.29. The molecule has 1 aromatic heterocycles. The van der Waals surface area contributed by atoms with Crippen LogP contribution in [0.25, 0.3) is 11.4 Å². The lowest BCUT2D eigenvalue weighted by Gasteiger charge is -2.00. The number of nitrogen functional groups attached to an aromatic ring is 1. The maximum absolute atomic E-state index is 5.67. The van der Waals surface area contributed by atoms with E-state index < -0.39 is 0 Å². The molecule has 0 aliphatic carbocycles. The predicted octanol–water partition coefficient (Wildman–Crippen LogP) is 3.50. The van der Waals surface area contributed by atoms with Crippen LogP contribution in [0.3, 0.4) is 0 Å². The lowest BCUT2D eigenvalue weighted by atomic mass is 10.1. The van der Waals surface area contributed by atoms with Crippen molar-refractivity contribution < 1.29 is 0 Å². The van der Waals surface area contributed by atoms with Gasteiger partial charge in [0.25, 0.3) is 0 Å². The summed E-state index contributed by atoms with van der Waals surface area (Å²) < 4.78 is 1.93. The summed E-state index contributed by atoms with van der Waals surface area (Å²) in [6, 6.07) is 7.66. The Balaban J connectivity index is 1.86. The summed E-state index contributed by atoms with van der Waals surface area (Å²) in [5.74, 6) is 0.772. The zero-order valence-electron chi connectivity index (χ0n) is 11.5. The Morgan fingerprint density at radius 3 is 2.53 bits per heavy atom. The molecule has 0 unspecified atom stereocenters. The van der Waals surface area contributed by atoms with Gasteiger partial charge in [0.2, 0.25) is 0 Å². The van der Waals surface area contributed by atoms with E-state index in [1.165, 1.54) is 32.1 Å². The van der Waals surface area contributed by atoms with Gasteiger partial charge in [-0.25, -0.2) is 4.98 Å². The van der Waals surface area contributed by atoms with Gasteiger partial charge in [-0.2, -0.15) is 5.10 Å². The van der Waals surface area contributed by atoms with Crippen LogP contribution in [0.4, 0.5) is 5.69 Å². The van der Waals surface area contributed by atoms with E-state index in [0.717, 1.165) is 23.6 Å². The largest absolute Gasteiger partial charge is 0.399 e. The third kappa shape index (κ3) is 4.09. The number of hydrogen-bond acceptors (Lipinski definition) is 3. The van der Waals surface area contributed by atoms with E-state index in [1.54, 1.807) is 0 Å². The fraction of sp³-hybridized carbons (Fsp3) is 0.467. The molecule has 0 spiro atoms. The second kappa shape index (κ2) is 6.92. The number of nitrogens with two attached hydrogens (primary N) is 1. The maximum atomic E-state index is 5.67. The second-order valence-electron chi connectivity index (χ2n) is 4.87. The summed E-state index contributed by atoms with van der Waals surface area (Å²) in [5.41, 5.74) is 7.45. The van der Waals surface area contributed by atoms with Crippen molar-refractivity contribution in [1.29, 1.82) is 0 Å². The Bertz CT molecular complexity index is 487. The van der Waals surface area contributed by atoms with Gasteiger partial charge in [-0.3, -0.25) is 4.68 Å². The molecule has 2 N–H and O–H groups in total. The Hall–Kier alpha value is -1.84. The highest BCUT2D eigenvalue weighted by atomic mass is 15.3. The van der Waals surface area contributed by atoms with E-state index in [4.69, 9.17) is 5.73 Å². The van der Waals surface area contributed by atoms with Crippen LogP contribution in [0.1, 0.15) is 39.0 Å².